The number of nitrogens with one attached hydrogen (secondary N) is 1. The summed E-state index contributed by atoms with van der Waals surface area (Å²) in [5.41, 5.74) is 0.375. The largest absolute Gasteiger partial charge is 0.506 e. The molecule has 0 aliphatic carbocycles. The summed E-state index contributed by atoms with van der Waals surface area (Å²) in [5.74, 6) is -0.640. The number of halogens is 1. The molecule has 1 amide bonds. The Kier molecular flexibility index (Phi) is 6.25. The van der Waals surface area contributed by atoms with Crippen LogP contribution in [-0.2, 0) is 15.4 Å². The number of hydrogen-bond acceptors (Lipinski definition) is 4. The van der Waals surface area contributed by atoms with Gasteiger partial charge in [-0.1, -0.05) is 11.6 Å². The molecule has 0 aliphatic heterocycles. The lowest BCUT2D eigenvalue weighted by atomic mass is 10.1. The van der Waals surface area contributed by atoms with Gasteiger partial charge in [-0.25, -0.2) is 4.21 Å². The van der Waals surface area contributed by atoms with Gasteiger partial charge in [-0.15, -0.1) is 0 Å². The molecule has 0 spiro atoms. The average molecular weight is 321 g/mol. The second kappa shape index (κ2) is 7.47. The van der Waals surface area contributed by atoms with Gasteiger partial charge in [-0.3, -0.25) is 13.7 Å². The van der Waals surface area contributed by atoms with Crippen molar-refractivity contribution in [2.75, 3.05) is 24.9 Å². The highest BCUT2D eigenvalue weighted by Gasteiger charge is 2.20. The van der Waals surface area contributed by atoms with Crippen molar-refractivity contribution in [1.29, 1.82) is 0 Å². The topological polar surface area (TPSA) is 78.9 Å². The van der Waals surface area contributed by atoms with Crippen LogP contribution in [0.2, 0.25) is 5.02 Å². The molecule has 20 heavy (non-hydrogen) atoms. The molecule has 2 N–H and O–H groups in total. The zero-order valence-corrected chi connectivity index (χ0v) is 13.0. The van der Waals surface area contributed by atoms with E-state index in [1.165, 1.54) is 19.2 Å². The Balaban J connectivity index is 3.18. The van der Waals surface area contributed by atoms with Crippen LogP contribution in [0, 0.1) is 0 Å². The lowest BCUT2D eigenvalue weighted by Gasteiger charge is -2.20. The molecule has 0 aromatic heterocycles. The maximum Gasteiger partial charge on any atom is 0.261 e. The van der Waals surface area contributed by atoms with Gasteiger partial charge in [-0.2, -0.15) is 0 Å². The third kappa shape index (κ3) is 3.84. The average Bonchev–Trinajstić information content (AvgIpc) is 2.43. The summed E-state index contributed by atoms with van der Waals surface area (Å²) >= 11 is 4.14. The third-order valence-corrected chi connectivity index (χ3v) is 3.69. The normalized spacial score (nSPS) is 12.0. The lowest BCUT2D eigenvalue weighted by molar-refractivity contribution is 0.0770. The van der Waals surface area contributed by atoms with Crippen LogP contribution in [0.1, 0.15) is 24.2 Å². The number of anilines is 1. The number of phenolic OH excluding ortho intramolecular Hbond substituents is 1. The van der Waals surface area contributed by atoms with Crippen molar-refractivity contribution in [3.8, 4) is 5.75 Å². The summed E-state index contributed by atoms with van der Waals surface area (Å²) in [5, 5.41) is 9.91. The summed E-state index contributed by atoms with van der Waals surface area (Å²) in [6.07, 6.45) is 0. The van der Waals surface area contributed by atoms with Crippen LogP contribution in [0.4, 0.5) is 5.69 Å². The Morgan fingerprint density at radius 3 is 2.55 bits per heavy atom. The monoisotopic (exact) mass is 320 g/mol. The molecule has 1 atom stereocenters. The van der Waals surface area contributed by atoms with Gasteiger partial charge >= 0.3 is 0 Å². The molecule has 1 rings (SSSR count). The highest BCUT2D eigenvalue weighted by atomic mass is 35.5. The van der Waals surface area contributed by atoms with Gasteiger partial charge in [0.15, 0.2) is 0 Å². The van der Waals surface area contributed by atoms with E-state index in [0.29, 0.717) is 18.8 Å². The first kappa shape index (κ1) is 16.7. The molecule has 1 unspecified atom stereocenters. The van der Waals surface area contributed by atoms with E-state index in [-0.39, 0.29) is 22.2 Å². The van der Waals surface area contributed by atoms with Gasteiger partial charge < -0.3 is 10.0 Å². The number of carbonyl (C=O) groups excluding carboxylic acids is 1. The molecule has 0 heterocycles. The Labute approximate surface area is 125 Å². The summed E-state index contributed by atoms with van der Waals surface area (Å²) in [6, 6.07) is 2.76. The molecule has 0 saturated heterocycles. The molecule has 1 aromatic carbocycles. The van der Waals surface area contributed by atoms with E-state index in [2.05, 4.69) is 8.91 Å². The highest BCUT2D eigenvalue weighted by molar-refractivity contribution is 7.81. The maximum absolute atomic E-state index is 12.3. The zero-order valence-electron chi connectivity index (χ0n) is 11.5. The molecular formula is C12H17ClN2O4S. The van der Waals surface area contributed by atoms with E-state index in [1.807, 2.05) is 13.8 Å². The molecule has 6 nitrogen and oxygen atoms in total. The van der Waals surface area contributed by atoms with Crippen molar-refractivity contribution in [2.24, 2.45) is 0 Å². The molecule has 8 heteroatoms. The number of carbonyl (C=O) groups is 1. The Hall–Kier alpha value is -1.31. The first-order valence-corrected chi connectivity index (χ1v) is 7.44. The van der Waals surface area contributed by atoms with Crippen LogP contribution < -0.4 is 4.72 Å². The lowest BCUT2D eigenvalue weighted by Crippen LogP contribution is -2.30. The molecule has 0 saturated carbocycles. The van der Waals surface area contributed by atoms with Gasteiger partial charge in [0.1, 0.15) is 5.75 Å². The van der Waals surface area contributed by atoms with Crippen LogP contribution >= 0.6 is 11.6 Å². The van der Waals surface area contributed by atoms with E-state index in [9.17, 15) is 14.1 Å². The number of rotatable bonds is 6. The second-order valence-electron chi connectivity index (χ2n) is 3.84. The Morgan fingerprint density at radius 2 is 2.05 bits per heavy atom. The first-order chi connectivity index (χ1) is 9.44. The van der Waals surface area contributed by atoms with Crippen molar-refractivity contribution in [2.45, 2.75) is 13.8 Å². The summed E-state index contributed by atoms with van der Waals surface area (Å²) in [7, 11) is 1.27. The van der Waals surface area contributed by atoms with Gasteiger partial charge in [0.05, 0.1) is 23.4 Å². The summed E-state index contributed by atoms with van der Waals surface area (Å²) in [6.45, 7) is 4.69. The number of hydrogen-bond donors (Lipinski definition) is 2. The molecule has 0 bridgehead atoms. The van der Waals surface area contributed by atoms with Crippen LogP contribution in [0.25, 0.3) is 0 Å². The first-order valence-electron chi connectivity index (χ1n) is 5.99. The second-order valence-corrected chi connectivity index (χ2v) is 5.25. The predicted molar refractivity (Wildman–Crippen MR) is 79.1 cm³/mol. The number of nitrogens with zero attached hydrogens (tertiary/aromatic N) is 1. The highest BCUT2D eigenvalue weighted by Crippen LogP contribution is 2.32. The van der Waals surface area contributed by atoms with Crippen LogP contribution in [0.15, 0.2) is 12.1 Å². The minimum Gasteiger partial charge on any atom is -0.506 e. The standard InChI is InChI=1S/C12H17ClN2O4S/c1-4-15(5-2)12(17)9-6-8(14-20(18)19-3)7-10(13)11(9)16/h6-7,14,16H,4-5H2,1-3H3. The van der Waals surface area contributed by atoms with Gasteiger partial charge in [-0.05, 0) is 26.0 Å². The molecule has 0 fully saturated rings. The summed E-state index contributed by atoms with van der Waals surface area (Å²) < 4.78 is 18.4. The number of amides is 1. The molecule has 1 aromatic rings. The predicted octanol–water partition coefficient (Wildman–Crippen LogP) is 2.16. The van der Waals surface area contributed by atoms with Crippen LogP contribution in [0.5, 0.6) is 5.75 Å². The van der Waals surface area contributed by atoms with E-state index >= 15 is 0 Å². The van der Waals surface area contributed by atoms with E-state index < -0.39 is 11.3 Å². The number of aromatic hydroxyl groups is 1. The van der Waals surface area contributed by atoms with E-state index in [4.69, 9.17) is 11.6 Å². The van der Waals surface area contributed by atoms with Crippen molar-refractivity contribution < 1.29 is 18.3 Å². The Bertz CT molecular complexity index is 520. The van der Waals surface area contributed by atoms with E-state index in [1.54, 1.807) is 4.90 Å². The number of phenols is 1. The third-order valence-electron chi connectivity index (χ3n) is 2.70. The minimum atomic E-state index is -1.74. The molecule has 0 radical (unpaired) electrons. The van der Waals surface area contributed by atoms with Crippen molar-refractivity contribution >= 4 is 34.5 Å². The fourth-order valence-electron chi connectivity index (χ4n) is 1.64. The maximum atomic E-state index is 12.3. The Morgan fingerprint density at radius 1 is 1.45 bits per heavy atom. The van der Waals surface area contributed by atoms with Crippen molar-refractivity contribution in [3.63, 3.8) is 0 Å². The van der Waals surface area contributed by atoms with Crippen LogP contribution in [0.3, 0.4) is 0 Å². The van der Waals surface area contributed by atoms with Crippen LogP contribution in [-0.4, -0.2) is 40.3 Å². The zero-order chi connectivity index (χ0) is 15.3. The smallest absolute Gasteiger partial charge is 0.261 e. The summed E-state index contributed by atoms with van der Waals surface area (Å²) in [4.78, 5) is 13.8. The number of benzene rings is 1. The fraction of sp³-hybridized carbons (Fsp3) is 0.417. The van der Waals surface area contributed by atoms with E-state index in [0.717, 1.165) is 0 Å². The van der Waals surface area contributed by atoms with Crippen molar-refractivity contribution in [3.05, 3.63) is 22.7 Å². The quantitative estimate of drug-likeness (QED) is 0.787. The van der Waals surface area contributed by atoms with Gasteiger partial charge in [0, 0.05) is 13.1 Å². The SMILES string of the molecule is CCN(CC)C(=O)c1cc(NS(=O)OC)cc(Cl)c1O. The molecule has 0 aliphatic rings. The van der Waals surface area contributed by atoms with Crippen molar-refractivity contribution in [1.82, 2.24) is 4.90 Å². The molecule has 112 valence electrons. The van der Waals surface area contributed by atoms with Gasteiger partial charge in [0.2, 0.25) is 0 Å². The van der Waals surface area contributed by atoms with Gasteiger partial charge in [0.25, 0.3) is 17.2 Å². The molecular weight excluding hydrogens is 304 g/mol. The minimum absolute atomic E-state index is 0.00129. The fourth-order valence-corrected chi connectivity index (χ4v) is 2.25.